The highest BCUT2D eigenvalue weighted by Gasteiger charge is 2.40. The number of aliphatic carboxylic acids is 1. The van der Waals surface area contributed by atoms with Crippen molar-refractivity contribution in [2.24, 2.45) is 0 Å². The first-order valence-corrected chi connectivity index (χ1v) is 5.44. The van der Waals surface area contributed by atoms with Crippen LogP contribution in [0.2, 0.25) is 0 Å². The topological polar surface area (TPSA) is 57.5 Å². The van der Waals surface area contributed by atoms with E-state index in [0.29, 0.717) is 0 Å². The van der Waals surface area contributed by atoms with E-state index < -0.39 is 17.5 Å². The van der Waals surface area contributed by atoms with Crippen LogP contribution in [0.25, 0.3) is 0 Å². The molecule has 0 aromatic heterocycles. The summed E-state index contributed by atoms with van der Waals surface area (Å²) < 4.78 is 0. The van der Waals surface area contributed by atoms with E-state index in [1.54, 1.807) is 13.8 Å². The minimum atomic E-state index is -1.69. The second kappa shape index (κ2) is 4.66. The van der Waals surface area contributed by atoms with E-state index in [0.717, 1.165) is 11.1 Å². The zero-order valence-corrected chi connectivity index (χ0v) is 9.90. The Morgan fingerprint density at radius 3 is 2.25 bits per heavy atom. The van der Waals surface area contributed by atoms with Crippen LogP contribution in [0.3, 0.4) is 0 Å². The summed E-state index contributed by atoms with van der Waals surface area (Å²) in [4.78, 5) is 11.1. The van der Waals surface area contributed by atoms with Crippen molar-refractivity contribution in [1.82, 2.24) is 0 Å². The van der Waals surface area contributed by atoms with Crippen LogP contribution < -0.4 is 0 Å². The lowest BCUT2D eigenvalue weighted by atomic mass is 9.81. The Bertz CT molecular complexity index is 369. The number of carboxylic acids is 1. The van der Waals surface area contributed by atoms with Gasteiger partial charge in [-0.1, -0.05) is 43.7 Å². The number of hydrogen-bond donors (Lipinski definition) is 2. The zero-order chi connectivity index (χ0) is 12.3. The Morgan fingerprint density at radius 2 is 1.88 bits per heavy atom. The van der Waals surface area contributed by atoms with Crippen molar-refractivity contribution in [3.05, 3.63) is 35.4 Å². The van der Waals surface area contributed by atoms with Gasteiger partial charge in [0, 0.05) is 5.92 Å². The number of carboxylic acid groups (broad SMARTS) is 1. The number of aliphatic hydroxyl groups is 1. The lowest BCUT2D eigenvalue weighted by Gasteiger charge is -2.29. The van der Waals surface area contributed by atoms with E-state index in [4.69, 9.17) is 5.11 Å². The molecule has 3 nitrogen and oxygen atoms in total. The third-order valence-electron chi connectivity index (χ3n) is 3.20. The summed E-state index contributed by atoms with van der Waals surface area (Å²) in [6, 6.07) is 7.57. The largest absolute Gasteiger partial charge is 0.479 e. The van der Waals surface area contributed by atoms with E-state index >= 15 is 0 Å². The highest BCUT2D eigenvalue weighted by molar-refractivity contribution is 5.78. The molecule has 2 unspecified atom stereocenters. The summed E-state index contributed by atoms with van der Waals surface area (Å²) in [5, 5.41) is 19.2. The predicted octanol–water partition coefficient (Wildman–Crippen LogP) is 2.32. The number of hydrogen-bond acceptors (Lipinski definition) is 2. The molecule has 16 heavy (non-hydrogen) atoms. The smallest absolute Gasteiger partial charge is 0.336 e. The Morgan fingerprint density at radius 1 is 1.38 bits per heavy atom. The maximum atomic E-state index is 11.1. The fourth-order valence-corrected chi connectivity index (χ4v) is 1.77. The van der Waals surface area contributed by atoms with Crippen LogP contribution in [0, 0.1) is 6.92 Å². The van der Waals surface area contributed by atoms with Crippen LogP contribution in [0.5, 0.6) is 0 Å². The summed E-state index contributed by atoms with van der Waals surface area (Å²) in [6.45, 7) is 5.39. The maximum Gasteiger partial charge on any atom is 0.336 e. The van der Waals surface area contributed by atoms with Crippen molar-refractivity contribution in [3.63, 3.8) is 0 Å². The summed E-state index contributed by atoms with van der Waals surface area (Å²) in [6.07, 6.45) is 0.192. The van der Waals surface area contributed by atoms with Crippen LogP contribution >= 0.6 is 0 Å². The molecule has 0 aliphatic carbocycles. The highest BCUT2D eigenvalue weighted by Crippen LogP contribution is 2.31. The van der Waals surface area contributed by atoms with Crippen LogP contribution in [-0.4, -0.2) is 21.8 Å². The van der Waals surface area contributed by atoms with Crippen molar-refractivity contribution in [2.75, 3.05) is 0 Å². The lowest BCUT2D eigenvalue weighted by Crippen LogP contribution is -2.42. The van der Waals surface area contributed by atoms with Gasteiger partial charge in [-0.15, -0.1) is 0 Å². The molecule has 0 heterocycles. The molecule has 2 N–H and O–H groups in total. The van der Waals surface area contributed by atoms with E-state index in [9.17, 15) is 9.90 Å². The molecular weight excluding hydrogens is 204 g/mol. The summed E-state index contributed by atoms with van der Waals surface area (Å²) >= 11 is 0. The molecule has 0 bridgehead atoms. The van der Waals surface area contributed by atoms with Gasteiger partial charge in [-0.25, -0.2) is 4.79 Å². The Labute approximate surface area is 95.7 Å². The van der Waals surface area contributed by atoms with Crippen molar-refractivity contribution in [2.45, 2.75) is 38.7 Å². The molecule has 88 valence electrons. The molecule has 0 spiro atoms. The first-order chi connectivity index (χ1) is 7.41. The molecule has 0 amide bonds. The summed E-state index contributed by atoms with van der Waals surface area (Å²) in [7, 11) is 0. The van der Waals surface area contributed by atoms with Gasteiger partial charge in [-0.2, -0.15) is 0 Å². The molecule has 0 radical (unpaired) electrons. The molecule has 0 fully saturated rings. The average molecular weight is 222 g/mol. The van der Waals surface area contributed by atoms with Gasteiger partial charge < -0.3 is 10.2 Å². The minimum absolute atomic E-state index is 0.192. The molecule has 0 aliphatic heterocycles. The Hall–Kier alpha value is -1.35. The molecule has 0 saturated carbocycles. The summed E-state index contributed by atoms with van der Waals surface area (Å²) in [5.41, 5.74) is 0.276. The van der Waals surface area contributed by atoms with Crippen molar-refractivity contribution in [1.29, 1.82) is 0 Å². The van der Waals surface area contributed by atoms with E-state index in [1.807, 2.05) is 31.2 Å². The van der Waals surface area contributed by atoms with E-state index in [1.165, 1.54) is 0 Å². The van der Waals surface area contributed by atoms with Gasteiger partial charge >= 0.3 is 5.97 Å². The molecule has 1 rings (SSSR count). The number of aryl methyl sites for hydroxylation is 1. The first-order valence-electron chi connectivity index (χ1n) is 5.44. The molecule has 1 aromatic rings. The third kappa shape index (κ3) is 2.25. The van der Waals surface area contributed by atoms with Crippen LogP contribution in [0.4, 0.5) is 0 Å². The Balaban J connectivity index is 3.04. The van der Waals surface area contributed by atoms with Crippen LogP contribution in [0.15, 0.2) is 24.3 Å². The molecule has 0 saturated heterocycles. The molecular formula is C13H18O3. The molecule has 1 aromatic carbocycles. The van der Waals surface area contributed by atoms with Crippen LogP contribution in [-0.2, 0) is 4.79 Å². The van der Waals surface area contributed by atoms with Gasteiger partial charge in [0.2, 0.25) is 0 Å². The standard InChI is InChI=1S/C13H18O3/c1-4-13(16,12(14)15)10(3)11-7-5-9(2)6-8-11/h5-8,10,16H,4H2,1-3H3,(H,14,15). The number of benzene rings is 1. The monoisotopic (exact) mass is 222 g/mol. The second-order valence-electron chi connectivity index (χ2n) is 4.22. The van der Waals surface area contributed by atoms with Gasteiger partial charge in [0.1, 0.15) is 0 Å². The SMILES string of the molecule is CCC(O)(C(=O)O)C(C)c1ccc(C)cc1. The quantitative estimate of drug-likeness (QED) is 0.822. The first kappa shape index (κ1) is 12.7. The normalized spacial score (nSPS) is 16.5. The van der Waals surface area contributed by atoms with Gasteiger partial charge in [-0.05, 0) is 18.9 Å². The average Bonchev–Trinajstić information content (AvgIpc) is 2.27. The molecule has 3 heteroatoms. The molecule has 2 atom stereocenters. The second-order valence-corrected chi connectivity index (χ2v) is 4.22. The third-order valence-corrected chi connectivity index (χ3v) is 3.20. The van der Waals surface area contributed by atoms with E-state index in [-0.39, 0.29) is 6.42 Å². The van der Waals surface area contributed by atoms with Gasteiger partial charge in [0.05, 0.1) is 0 Å². The minimum Gasteiger partial charge on any atom is -0.479 e. The summed E-state index contributed by atoms with van der Waals surface area (Å²) in [5.74, 6) is -1.58. The number of carbonyl (C=O) groups is 1. The molecule has 0 aliphatic rings. The predicted molar refractivity (Wildman–Crippen MR) is 62.5 cm³/mol. The zero-order valence-electron chi connectivity index (χ0n) is 9.90. The Kier molecular flexibility index (Phi) is 3.70. The van der Waals surface area contributed by atoms with Gasteiger partial charge in [0.25, 0.3) is 0 Å². The fourth-order valence-electron chi connectivity index (χ4n) is 1.77. The fraction of sp³-hybridized carbons (Fsp3) is 0.462. The maximum absolute atomic E-state index is 11.1. The van der Waals surface area contributed by atoms with E-state index in [2.05, 4.69) is 0 Å². The number of rotatable bonds is 4. The van der Waals surface area contributed by atoms with Crippen molar-refractivity contribution >= 4 is 5.97 Å². The van der Waals surface area contributed by atoms with Crippen molar-refractivity contribution in [3.8, 4) is 0 Å². The van der Waals surface area contributed by atoms with Crippen molar-refractivity contribution < 1.29 is 15.0 Å². The lowest BCUT2D eigenvalue weighted by molar-refractivity contribution is -0.161. The van der Waals surface area contributed by atoms with Gasteiger partial charge in [0.15, 0.2) is 5.60 Å². The highest BCUT2D eigenvalue weighted by atomic mass is 16.4. The van der Waals surface area contributed by atoms with Gasteiger partial charge in [-0.3, -0.25) is 0 Å². The van der Waals surface area contributed by atoms with Crippen LogP contribution in [0.1, 0.15) is 37.3 Å².